The highest BCUT2D eigenvalue weighted by atomic mass is 127. The van der Waals surface area contributed by atoms with Crippen LogP contribution < -0.4 is 4.90 Å². The first-order valence-corrected chi connectivity index (χ1v) is 10.9. The van der Waals surface area contributed by atoms with Gasteiger partial charge in [0.1, 0.15) is 5.82 Å². The standard InChI is InChI=1S/C22H18F2IN5O/c1-2-15-21(30(22(15)31)14-3-4-18-19(7-14)27-11-26-18)20-16(24)5-12(6-17(20)25)13-8-28-29(9-13)10-23/h3-9,11,15,21H,2,10H2,1H3,(H,26,27)/t15-,21?/m0/s1. The number of hydrogen-bond acceptors (Lipinski definition) is 3. The van der Waals surface area contributed by atoms with Crippen LogP contribution in [0.5, 0.6) is 0 Å². The number of aromatic amines is 1. The summed E-state index contributed by atoms with van der Waals surface area (Å²) < 4.78 is 30.1. The molecule has 1 N–H and O–H groups in total. The summed E-state index contributed by atoms with van der Waals surface area (Å²) in [7, 11) is 0. The molecule has 0 radical (unpaired) electrons. The van der Waals surface area contributed by atoms with Crippen LogP contribution in [0.3, 0.4) is 0 Å². The van der Waals surface area contributed by atoms with E-state index in [0.717, 1.165) is 15.7 Å². The lowest BCUT2D eigenvalue weighted by molar-refractivity contribution is -0.130. The van der Waals surface area contributed by atoms with Crippen molar-refractivity contribution in [3.8, 4) is 11.1 Å². The Bertz CT molecular complexity index is 1280. The van der Waals surface area contributed by atoms with E-state index in [2.05, 4.69) is 37.7 Å². The SMILES string of the molecule is CC[C@@H]1C(=O)N(c2ccc3nc[nH]c3c2)C1c1c(F)cc(-c2cnn(CF)c2)cc1I. The number of H-pyrrole nitrogens is 1. The van der Waals surface area contributed by atoms with Gasteiger partial charge in [-0.2, -0.15) is 5.10 Å². The Kier molecular flexibility index (Phi) is 4.99. The third-order valence-corrected chi connectivity index (χ3v) is 6.69. The van der Waals surface area contributed by atoms with Crippen molar-refractivity contribution in [1.82, 2.24) is 19.7 Å². The van der Waals surface area contributed by atoms with Gasteiger partial charge in [0, 0.05) is 26.6 Å². The Morgan fingerprint density at radius 3 is 2.77 bits per heavy atom. The van der Waals surface area contributed by atoms with E-state index in [1.54, 1.807) is 11.2 Å². The molecule has 0 aliphatic carbocycles. The molecule has 2 aromatic carbocycles. The number of fused-ring (bicyclic) bond motifs is 1. The van der Waals surface area contributed by atoms with Gasteiger partial charge in [-0.05, 0) is 64.9 Å². The zero-order valence-corrected chi connectivity index (χ0v) is 18.7. The normalized spacial score (nSPS) is 18.6. The van der Waals surface area contributed by atoms with Crippen molar-refractivity contribution in [1.29, 1.82) is 0 Å². The van der Waals surface area contributed by atoms with Crippen molar-refractivity contribution in [2.24, 2.45) is 5.92 Å². The minimum atomic E-state index is -0.740. The van der Waals surface area contributed by atoms with E-state index in [4.69, 9.17) is 0 Å². The summed E-state index contributed by atoms with van der Waals surface area (Å²) in [6.45, 7) is 1.20. The van der Waals surface area contributed by atoms with Crippen molar-refractivity contribution in [2.75, 3.05) is 4.90 Å². The number of amides is 1. The lowest BCUT2D eigenvalue weighted by atomic mass is 9.79. The molecule has 5 rings (SSSR count). The molecule has 1 unspecified atom stereocenters. The fourth-order valence-electron chi connectivity index (χ4n) is 4.25. The van der Waals surface area contributed by atoms with Gasteiger partial charge in [-0.3, -0.25) is 4.79 Å². The highest BCUT2D eigenvalue weighted by Crippen LogP contribution is 2.47. The number of benzene rings is 2. The zero-order chi connectivity index (χ0) is 21.7. The Morgan fingerprint density at radius 2 is 2.06 bits per heavy atom. The van der Waals surface area contributed by atoms with E-state index >= 15 is 4.39 Å². The fraction of sp³-hybridized carbons (Fsp3) is 0.227. The van der Waals surface area contributed by atoms with Gasteiger partial charge in [-0.15, -0.1) is 0 Å². The number of alkyl halides is 1. The minimum Gasteiger partial charge on any atom is -0.345 e. The molecule has 1 aliphatic rings. The van der Waals surface area contributed by atoms with Gasteiger partial charge >= 0.3 is 0 Å². The average Bonchev–Trinajstić information content (AvgIpc) is 3.42. The lowest BCUT2D eigenvalue weighted by Crippen LogP contribution is -2.55. The van der Waals surface area contributed by atoms with Crippen molar-refractivity contribution in [3.63, 3.8) is 0 Å². The molecule has 0 bridgehead atoms. The number of nitrogens with one attached hydrogen (secondary N) is 1. The Balaban J connectivity index is 1.56. The maximum Gasteiger partial charge on any atom is 0.233 e. The van der Waals surface area contributed by atoms with E-state index in [9.17, 15) is 9.18 Å². The third-order valence-electron chi connectivity index (χ3n) is 5.80. The molecule has 9 heteroatoms. The predicted octanol–water partition coefficient (Wildman–Crippen LogP) is 5.21. The number of β-lactam (4-membered cyclic amide) rings is 1. The van der Waals surface area contributed by atoms with Gasteiger partial charge in [-0.25, -0.2) is 18.4 Å². The molecule has 2 atom stereocenters. The molecular weight excluding hydrogens is 515 g/mol. The summed E-state index contributed by atoms with van der Waals surface area (Å²) in [5.74, 6) is -0.700. The highest BCUT2D eigenvalue weighted by Gasteiger charge is 2.49. The first-order valence-electron chi connectivity index (χ1n) is 9.85. The van der Waals surface area contributed by atoms with Crippen LogP contribution in [0.4, 0.5) is 14.5 Å². The van der Waals surface area contributed by atoms with Gasteiger partial charge in [0.05, 0.1) is 35.5 Å². The number of carbonyl (C=O) groups excluding carboxylic acids is 1. The zero-order valence-electron chi connectivity index (χ0n) is 16.5. The number of imidazole rings is 1. The van der Waals surface area contributed by atoms with Crippen molar-refractivity contribution < 1.29 is 13.6 Å². The van der Waals surface area contributed by atoms with Crippen LogP contribution in [0.25, 0.3) is 22.2 Å². The molecule has 31 heavy (non-hydrogen) atoms. The van der Waals surface area contributed by atoms with E-state index in [1.165, 1.54) is 18.5 Å². The van der Waals surface area contributed by atoms with Gasteiger partial charge in [-0.1, -0.05) is 6.92 Å². The van der Waals surface area contributed by atoms with Gasteiger partial charge in [0.15, 0.2) is 6.80 Å². The van der Waals surface area contributed by atoms with Crippen LogP contribution in [0.15, 0.2) is 49.1 Å². The van der Waals surface area contributed by atoms with Crippen molar-refractivity contribution in [2.45, 2.75) is 26.2 Å². The van der Waals surface area contributed by atoms with Crippen LogP contribution >= 0.6 is 22.6 Å². The number of hydrogen-bond donors (Lipinski definition) is 1. The lowest BCUT2D eigenvalue weighted by Gasteiger charge is -2.47. The van der Waals surface area contributed by atoms with Crippen LogP contribution in [-0.2, 0) is 11.6 Å². The van der Waals surface area contributed by atoms with E-state index in [-0.39, 0.29) is 11.8 Å². The van der Waals surface area contributed by atoms with Gasteiger partial charge < -0.3 is 9.88 Å². The highest BCUT2D eigenvalue weighted by molar-refractivity contribution is 14.1. The van der Waals surface area contributed by atoms with Crippen molar-refractivity contribution in [3.05, 3.63) is 64.0 Å². The summed E-state index contributed by atoms with van der Waals surface area (Å²) in [5, 5.41) is 3.92. The van der Waals surface area contributed by atoms with Crippen LogP contribution in [0.2, 0.25) is 0 Å². The monoisotopic (exact) mass is 533 g/mol. The number of halogens is 3. The second kappa shape index (κ2) is 7.70. The van der Waals surface area contributed by atoms with Crippen LogP contribution in [0, 0.1) is 15.3 Å². The fourth-order valence-corrected chi connectivity index (χ4v) is 5.16. The molecule has 1 aliphatic heterocycles. The topological polar surface area (TPSA) is 66.8 Å². The molecule has 158 valence electrons. The summed E-state index contributed by atoms with van der Waals surface area (Å²) in [6.07, 6.45) is 5.27. The molecular formula is C22H18F2IN5O. The molecule has 6 nitrogen and oxygen atoms in total. The van der Waals surface area contributed by atoms with Gasteiger partial charge in [0.25, 0.3) is 0 Å². The molecule has 1 amide bonds. The molecule has 2 aromatic heterocycles. The van der Waals surface area contributed by atoms with Crippen LogP contribution in [0.1, 0.15) is 24.9 Å². The smallest absolute Gasteiger partial charge is 0.233 e. The maximum absolute atomic E-state index is 15.4. The number of nitrogens with zero attached hydrogens (tertiary/aromatic N) is 4. The summed E-state index contributed by atoms with van der Waals surface area (Å²) in [6, 6.07) is 8.44. The minimum absolute atomic E-state index is 0.0186. The number of rotatable bonds is 5. The van der Waals surface area contributed by atoms with E-state index in [0.29, 0.717) is 32.4 Å². The third kappa shape index (κ3) is 3.22. The van der Waals surface area contributed by atoms with Crippen molar-refractivity contribution >= 4 is 45.2 Å². The molecule has 0 spiro atoms. The molecule has 1 saturated heterocycles. The van der Waals surface area contributed by atoms with Gasteiger partial charge in [0.2, 0.25) is 5.91 Å². The summed E-state index contributed by atoms with van der Waals surface area (Å²) in [4.78, 5) is 21.9. The Labute approximate surface area is 190 Å². The first-order chi connectivity index (χ1) is 15.0. The predicted molar refractivity (Wildman–Crippen MR) is 122 cm³/mol. The molecule has 3 heterocycles. The first kappa shape index (κ1) is 20.1. The maximum atomic E-state index is 15.4. The summed E-state index contributed by atoms with van der Waals surface area (Å²) in [5.41, 5.74) is 4.09. The molecule has 0 saturated carbocycles. The van der Waals surface area contributed by atoms with Crippen LogP contribution in [-0.4, -0.2) is 25.7 Å². The molecule has 1 fully saturated rings. The second-order valence-electron chi connectivity index (χ2n) is 7.51. The number of anilines is 1. The number of aromatic nitrogens is 4. The second-order valence-corrected chi connectivity index (χ2v) is 8.68. The Hall–Kier alpha value is -2.82. The Morgan fingerprint density at radius 1 is 1.23 bits per heavy atom. The summed E-state index contributed by atoms with van der Waals surface area (Å²) >= 11 is 2.11. The number of carbonyl (C=O) groups is 1. The quantitative estimate of drug-likeness (QED) is 0.283. The average molecular weight is 533 g/mol. The largest absolute Gasteiger partial charge is 0.345 e. The van der Waals surface area contributed by atoms with E-state index < -0.39 is 18.7 Å². The van der Waals surface area contributed by atoms with E-state index in [1.807, 2.05) is 31.2 Å². The molecule has 4 aromatic rings.